The molecule has 2 aromatic rings. The normalized spacial score (nSPS) is 12.9. The number of unbranched alkanes of at least 4 members (excludes halogenated alkanes) is 1. The molecule has 0 spiro atoms. The van der Waals surface area contributed by atoms with E-state index in [0.29, 0.717) is 25.2 Å². The minimum atomic E-state index is -3.65. The molecule has 1 N–H and O–H groups in total. The molecule has 2 aromatic carbocycles. The van der Waals surface area contributed by atoms with Gasteiger partial charge in [0.2, 0.25) is 10.0 Å². The lowest BCUT2D eigenvalue weighted by atomic mass is 10.2. The molecule has 0 fully saturated rings. The van der Waals surface area contributed by atoms with Crippen molar-refractivity contribution in [1.82, 2.24) is 4.31 Å². The van der Waals surface area contributed by atoms with Gasteiger partial charge in [0, 0.05) is 18.5 Å². The molecule has 31 heavy (non-hydrogen) atoms. The Bertz CT molecular complexity index is 1070. The SMILES string of the molecule is CCCCN(CCC(C)Cl)S(=O)(=O)c1ccc(N=Nc2cc(Cl)c(O)c(C#N)c2)cc1. The third-order valence-corrected chi connectivity index (χ3v) is 6.88. The van der Waals surface area contributed by atoms with Crippen molar-refractivity contribution in [3.63, 3.8) is 0 Å². The number of nitriles is 1. The monoisotopic (exact) mass is 482 g/mol. The molecule has 0 amide bonds. The van der Waals surface area contributed by atoms with Gasteiger partial charge in [0.1, 0.15) is 6.07 Å². The Hall–Kier alpha value is -2.18. The molecule has 1 unspecified atom stereocenters. The van der Waals surface area contributed by atoms with Crippen LogP contribution in [0.1, 0.15) is 38.7 Å². The Morgan fingerprint density at radius 3 is 2.39 bits per heavy atom. The molecule has 10 heteroatoms. The summed E-state index contributed by atoms with van der Waals surface area (Å²) in [7, 11) is -3.65. The molecule has 0 saturated carbocycles. The van der Waals surface area contributed by atoms with Crippen molar-refractivity contribution in [2.24, 2.45) is 10.2 Å². The lowest BCUT2D eigenvalue weighted by Crippen LogP contribution is -2.33. The van der Waals surface area contributed by atoms with Gasteiger partial charge in [-0.3, -0.25) is 0 Å². The van der Waals surface area contributed by atoms with Gasteiger partial charge in [0.25, 0.3) is 0 Å². The first kappa shape index (κ1) is 25.1. The molecular formula is C21H24Cl2N4O3S. The zero-order valence-electron chi connectivity index (χ0n) is 17.3. The largest absolute Gasteiger partial charge is 0.505 e. The van der Waals surface area contributed by atoms with Crippen LogP contribution in [0.5, 0.6) is 5.75 Å². The fraction of sp³-hybridized carbons (Fsp3) is 0.381. The molecule has 0 aliphatic carbocycles. The van der Waals surface area contributed by atoms with Gasteiger partial charge < -0.3 is 5.11 Å². The molecule has 1 atom stereocenters. The van der Waals surface area contributed by atoms with E-state index in [4.69, 9.17) is 28.5 Å². The van der Waals surface area contributed by atoms with E-state index < -0.39 is 10.0 Å². The standard InChI is InChI=1S/C21H24Cl2N4O3S/c1-3-4-10-27(11-9-15(2)22)31(29,30)19-7-5-17(6-8-19)25-26-18-12-16(14-24)21(28)20(23)13-18/h5-8,12-13,15,28H,3-4,9-11H2,1-2H3. The van der Waals surface area contributed by atoms with E-state index in [0.717, 1.165) is 12.8 Å². The van der Waals surface area contributed by atoms with E-state index in [1.54, 1.807) is 12.1 Å². The first-order chi connectivity index (χ1) is 14.7. The average Bonchev–Trinajstić information content (AvgIpc) is 2.74. The molecule has 166 valence electrons. The number of sulfonamides is 1. The Balaban J connectivity index is 2.22. The van der Waals surface area contributed by atoms with E-state index in [2.05, 4.69) is 10.2 Å². The zero-order chi connectivity index (χ0) is 23.0. The van der Waals surface area contributed by atoms with Gasteiger partial charge in [-0.1, -0.05) is 24.9 Å². The number of hydrogen-bond donors (Lipinski definition) is 1. The summed E-state index contributed by atoms with van der Waals surface area (Å²) in [4.78, 5) is 0.171. The van der Waals surface area contributed by atoms with Crippen molar-refractivity contribution in [3.05, 3.63) is 47.0 Å². The molecule has 0 aliphatic heterocycles. The molecule has 0 radical (unpaired) electrons. The van der Waals surface area contributed by atoms with Crippen LogP contribution in [0.25, 0.3) is 0 Å². The maximum atomic E-state index is 13.0. The summed E-state index contributed by atoms with van der Waals surface area (Å²) in [6.07, 6.45) is 2.22. The third-order valence-electron chi connectivity index (χ3n) is 4.46. The lowest BCUT2D eigenvalue weighted by molar-refractivity contribution is 0.396. The second kappa shape index (κ2) is 11.4. The zero-order valence-corrected chi connectivity index (χ0v) is 19.6. The van der Waals surface area contributed by atoms with E-state index in [-0.39, 0.29) is 32.3 Å². The second-order valence-electron chi connectivity index (χ2n) is 6.96. The van der Waals surface area contributed by atoms with Crippen molar-refractivity contribution < 1.29 is 13.5 Å². The van der Waals surface area contributed by atoms with Crippen LogP contribution in [-0.4, -0.2) is 36.3 Å². The highest BCUT2D eigenvalue weighted by Crippen LogP contribution is 2.32. The van der Waals surface area contributed by atoms with Crippen LogP contribution in [0.15, 0.2) is 51.5 Å². The summed E-state index contributed by atoms with van der Waals surface area (Å²) in [6, 6.07) is 10.6. The Labute approximate surface area is 193 Å². The smallest absolute Gasteiger partial charge is 0.243 e. The van der Waals surface area contributed by atoms with Gasteiger partial charge >= 0.3 is 0 Å². The second-order valence-corrected chi connectivity index (χ2v) is 10.0. The summed E-state index contributed by atoms with van der Waals surface area (Å²) in [5.74, 6) is -0.311. The first-order valence-corrected chi connectivity index (χ1v) is 12.0. The average molecular weight is 483 g/mol. The maximum absolute atomic E-state index is 13.0. The van der Waals surface area contributed by atoms with Crippen LogP contribution < -0.4 is 0 Å². The highest BCUT2D eigenvalue weighted by Gasteiger charge is 2.24. The quantitative estimate of drug-likeness (QED) is 0.324. The predicted molar refractivity (Wildman–Crippen MR) is 122 cm³/mol. The van der Waals surface area contributed by atoms with Gasteiger partial charge in [-0.05, 0) is 56.2 Å². The Morgan fingerprint density at radius 1 is 1.16 bits per heavy atom. The van der Waals surface area contributed by atoms with Crippen LogP contribution in [0.3, 0.4) is 0 Å². The number of aromatic hydroxyl groups is 1. The lowest BCUT2D eigenvalue weighted by Gasteiger charge is -2.22. The fourth-order valence-electron chi connectivity index (χ4n) is 2.69. The summed E-state index contributed by atoms with van der Waals surface area (Å²) in [5.41, 5.74) is 0.703. The van der Waals surface area contributed by atoms with Crippen molar-refractivity contribution in [3.8, 4) is 11.8 Å². The molecule has 0 aliphatic rings. The van der Waals surface area contributed by atoms with Gasteiger partial charge in [0.15, 0.2) is 5.75 Å². The maximum Gasteiger partial charge on any atom is 0.243 e. The number of nitrogens with zero attached hydrogens (tertiary/aromatic N) is 4. The summed E-state index contributed by atoms with van der Waals surface area (Å²) in [6.45, 7) is 4.65. The number of halogens is 2. The number of rotatable bonds is 10. The Morgan fingerprint density at radius 2 is 1.81 bits per heavy atom. The number of azo groups is 1. The number of hydrogen-bond acceptors (Lipinski definition) is 6. The van der Waals surface area contributed by atoms with Crippen LogP contribution in [0.4, 0.5) is 11.4 Å². The van der Waals surface area contributed by atoms with Gasteiger partial charge in [-0.25, -0.2) is 8.42 Å². The van der Waals surface area contributed by atoms with Crippen molar-refractivity contribution in [1.29, 1.82) is 5.26 Å². The van der Waals surface area contributed by atoms with Crippen LogP contribution in [0.2, 0.25) is 5.02 Å². The minimum absolute atomic E-state index is 0.00660. The molecule has 0 saturated heterocycles. The van der Waals surface area contributed by atoms with Crippen molar-refractivity contribution >= 4 is 44.6 Å². The highest BCUT2D eigenvalue weighted by molar-refractivity contribution is 7.89. The van der Waals surface area contributed by atoms with Gasteiger partial charge in [-0.2, -0.15) is 19.8 Å². The van der Waals surface area contributed by atoms with E-state index in [9.17, 15) is 13.5 Å². The Kier molecular flexibility index (Phi) is 9.26. The van der Waals surface area contributed by atoms with Crippen LogP contribution in [0, 0.1) is 11.3 Å². The molecule has 7 nitrogen and oxygen atoms in total. The van der Waals surface area contributed by atoms with Crippen LogP contribution in [-0.2, 0) is 10.0 Å². The number of phenols is 1. The number of phenolic OH excluding ortho intramolecular Hbond substituents is 1. The molecular weight excluding hydrogens is 459 g/mol. The first-order valence-electron chi connectivity index (χ1n) is 9.77. The third kappa shape index (κ3) is 6.91. The van der Waals surface area contributed by atoms with E-state index in [1.165, 1.54) is 28.6 Å². The summed E-state index contributed by atoms with van der Waals surface area (Å²) >= 11 is 11.9. The number of alkyl halides is 1. The molecule has 0 heterocycles. The highest BCUT2D eigenvalue weighted by atomic mass is 35.5. The minimum Gasteiger partial charge on any atom is -0.505 e. The molecule has 0 bridgehead atoms. The summed E-state index contributed by atoms with van der Waals surface area (Å²) in [5, 5.41) is 26.6. The fourth-order valence-corrected chi connectivity index (χ4v) is 4.49. The number of benzene rings is 2. The van der Waals surface area contributed by atoms with Crippen molar-refractivity contribution in [2.75, 3.05) is 13.1 Å². The van der Waals surface area contributed by atoms with Crippen molar-refractivity contribution in [2.45, 2.75) is 43.4 Å². The molecule has 0 aromatic heterocycles. The van der Waals surface area contributed by atoms with Crippen LogP contribution >= 0.6 is 23.2 Å². The van der Waals surface area contributed by atoms with E-state index in [1.807, 2.05) is 19.9 Å². The van der Waals surface area contributed by atoms with E-state index >= 15 is 0 Å². The van der Waals surface area contributed by atoms with Gasteiger partial charge in [-0.15, -0.1) is 11.6 Å². The summed E-state index contributed by atoms with van der Waals surface area (Å²) < 4.78 is 27.5. The van der Waals surface area contributed by atoms with Gasteiger partial charge in [0.05, 0.1) is 26.9 Å². The topological polar surface area (TPSA) is 106 Å². The molecule has 2 rings (SSSR count). The predicted octanol–water partition coefficient (Wildman–Crippen LogP) is 6.14.